The van der Waals surface area contributed by atoms with E-state index in [-0.39, 0.29) is 0 Å². The fourth-order valence-corrected chi connectivity index (χ4v) is 2.97. The van der Waals surface area contributed by atoms with Crippen LogP contribution in [0, 0.1) is 0 Å². The van der Waals surface area contributed by atoms with Crippen LogP contribution in [0.5, 0.6) is 0 Å². The van der Waals surface area contributed by atoms with Crippen LogP contribution >= 0.6 is 0 Å². The molecule has 7 heteroatoms. The van der Waals surface area contributed by atoms with Crippen LogP contribution in [0.4, 0.5) is 0 Å². The molecule has 1 amide bonds. The largest absolute Gasteiger partial charge is 0.480 e. The van der Waals surface area contributed by atoms with Crippen LogP contribution < -0.4 is 5.32 Å². The van der Waals surface area contributed by atoms with Crippen LogP contribution in [0.25, 0.3) is 0 Å². The minimum Gasteiger partial charge on any atom is -0.480 e. The molecule has 1 aliphatic rings. The smallest absolute Gasteiger partial charge is 0.329 e. The summed E-state index contributed by atoms with van der Waals surface area (Å²) in [6, 6.07) is 0. The molecule has 1 fully saturated rings. The molecule has 0 heterocycles. The van der Waals surface area contributed by atoms with E-state index in [0.29, 0.717) is 12.8 Å². The zero-order chi connectivity index (χ0) is 14.7. The van der Waals surface area contributed by atoms with Crippen molar-refractivity contribution in [3.8, 4) is 0 Å². The van der Waals surface area contributed by atoms with Gasteiger partial charge in [-0.1, -0.05) is 19.3 Å². The highest BCUT2D eigenvalue weighted by atomic mass is 32.2. The fraction of sp³-hybridized carbons (Fsp3) is 0.833. The van der Waals surface area contributed by atoms with Crippen molar-refractivity contribution in [3.63, 3.8) is 0 Å². The summed E-state index contributed by atoms with van der Waals surface area (Å²) in [5, 5.41) is 11.1. The van der Waals surface area contributed by atoms with Gasteiger partial charge in [-0.25, -0.2) is 13.2 Å². The molecule has 19 heavy (non-hydrogen) atoms. The van der Waals surface area contributed by atoms with Crippen LogP contribution in [0.1, 0.15) is 46.0 Å². The van der Waals surface area contributed by atoms with Gasteiger partial charge in [0.25, 0.3) is 0 Å². The first-order valence-corrected chi connectivity index (χ1v) is 8.17. The maximum Gasteiger partial charge on any atom is 0.329 e. The van der Waals surface area contributed by atoms with Crippen molar-refractivity contribution in [1.82, 2.24) is 5.32 Å². The molecular weight excluding hydrogens is 270 g/mol. The van der Waals surface area contributed by atoms with Gasteiger partial charge in [-0.3, -0.25) is 4.79 Å². The Balaban J connectivity index is 2.76. The Hall–Kier alpha value is -1.11. The number of hydrogen-bond acceptors (Lipinski definition) is 4. The molecule has 0 aromatic heterocycles. The number of aliphatic carboxylic acids is 1. The number of carboxylic acids is 1. The van der Waals surface area contributed by atoms with Gasteiger partial charge in [0.2, 0.25) is 5.91 Å². The Kier molecular flexibility index (Phi) is 4.95. The van der Waals surface area contributed by atoms with E-state index in [0.717, 1.165) is 19.3 Å². The summed E-state index contributed by atoms with van der Waals surface area (Å²) in [7, 11) is -3.51. The predicted molar refractivity (Wildman–Crippen MR) is 70.5 cm³/mol. The first kappa shape index (κ1) is 15.9. The minimum atomic E-state index is -3.51. The fourth-order valence-electron chi connectivity index (χ4n) is 2.20. The Morgan fingerprint density at radius 2 is 1.74 bits per heavy atom. The van der Waals surface area contributed by atoms with Crippen molar-refractivity contribution in [2.75, 3.05) is 5.75 Å². The molecule has 0 unspecified atom stereocenters. The summed E-state index contributed by atoms with van der Waals surface area (Å²) < 4.78 is 23.3. The number of carbonyl (C=O) groups is 2. The summed E-state index contributed by atoms with van der Waals surface area (Å²) in [6.45, 7) is 2.99. The van der Waals surface area contributed by atoms with Gasteiger partial charge < -0.3 is 10.4 Å². The topological polar surface area (TPSA) is 101 Å². The number of rotatable bonds is 5. The third-order valence-corrected chi connectivity index (χ3v) is 5.65. The van der Waals surface area contributed by atoms with E-state index in [9.17, 15) is 23.1 Å². The molecule has 0 spiro atoms. The Labute approximate surface area is 113 Å². The van der Waals surface area contributed by atoms with E-state index < -0.39 is 38.3 Å². The maximum absolute atomic E-state index is 11.8. The second-order valence-electron chi connectivity index (χ2n) is 5.35. The molecule has 1 aliphatic carbocycles. The van der Waals surface area contributed by atoms with Crippen LogP contribution in [-0.2, 0) is 19.4 Å². The molecule has 0 radical (unpaired) electrons. The lowest BCUT2D eigenvalue weighted by molar-refractivity contribution is -0.148. The maximum atomic E-state index is 11.8. The van der Waals surface area contributed by atoms with Crippen molar-refractivity contribution in [1.29, 1.82) is 0 Å². The molecule has 0 bridgehead atoms. The number of hydrogen-bond donors (Lipinski definition) is 2. The van der Waals surface area contributed by atoms with Crippen LogP contribution in [0.15, 0.2) is 0 Å². The highest BCUT2D eigenvalue weighted by Crippen LogP contribution is 2.28. The van der Waals surface area contributed by atoms with Gasteiger partial charge in [-0.05, 0) is 26.7 Å². The van der Waals surface area contributed by atoms with E-state index in [4.69, 9.17) is 0 Å². The number of nitrogens with one attached hydrogen (secondary N) is 1. The van der Waals surface area contributed by atoms with E-state index in [1.165, 1.54) is 13.8 Å². The second kappa shape index (κ2) is 5.90. The number of carboxylic acid groups (broad SMARTS) is 1. The lowest BCUT2D eigenvalue weighted by atomic mass is 9.81. The zero-order valence-electron chi connectivity index (χ0n) is 11.3. The Bertz CT molecular complexity index is 449. The van der Waals surface area contributed by atoms with Crippen LogP contribution in [0.2, 0.25) is 0 Å². The molecule has 0 aromatic rings. The average molecular weight is 291 g/mol. The molecule has 6 nitrogen and oxygen atoms in total. The van der Waals surface area contributed by atoms with Crippen LogP contribution in [-0.4, -0.2) is 41.9 Å². The highest BCUT2D eigenvalue weighted by molar-refractivity contribution is 7.92. The van der Waals surface area contributed by atoms with E-state index >= 15 is 0 Å². The van der Waals surface area contributed by atoms with Crippen LogP contribution in [0.3, 0.4) is 0 Å². The van der Waals surface area contributed by atoms with Gasteiger partial charge >= 0.3 is 5.97 Å². The third kappa shape index (κ3) is 3.92. The van der Waals surface area contributed by atoms with Crippen molar-refractivity contribution in [2.45, 2.75) is 56.7 Å². The Morgan fingerprint density at radius 3 is 2.16 bits per heavy atom. The van der Waals surface area contributed by atoms with E-state index in [1.54, 1.807) is 0 Å². The van der Waals surface area contributed by atoms with Gasteiger partial charge in [0.1, 0.15) is 11.3 Å². The number of carbonyl (C=O) groups excluding carboxylic acids is 1. The summed E-state index contributed by atoms with van der Waals surface area (Å²) in [4.78, 5) is 23.1. The minimum absolute atomic E-state index is 0.357. The molecular formula is C12H21NO5S. The molecule has 2 N–H and O–H groups in total. The summed E-state index contributed by atoms with van der Waals surface area (Å²) >= 11 is 0. The quantitative estimate of drug-likeness (QED) is 0.777. The van der Waals surface area contributed by atoms with Gasteiger partial charge in [-0.2, -0.15) is 0 Å². The average Bonchev–Trinajstić information content (AvgIpc) is 2.28. The molecule has 1 saturated carbocycles. The predicted octanol–water partition coefficient (Wildman–Crippen LogP) is 0.713. The molecule has 0 aliphatic heterocycles. The third-order valence-electron chi connectivity index (χ3n) is 3.55. The SMILES string of the molecule is CC(C)S(=O)(=O)CC(=O)NC1(C(=O)O)CCCCC1. The highest BCUT2D eigenvalue weighted by Gasteiger charge is 2.41. The lowest BCUT2D eigenvalue weighted by Gasteiger charge is -2.34. The molecule has 110 valence electrons. The van der Waals surface area contributed by atoms with E-state index in [2.05, 4.69) is 5.32 Å². The molecule has 0 atom stereocenters. The van der Waals surface area contributed by atoms with Crippen molar-refractivity contribution < 1.29 is 23.1 Å². The van der Waals surface area contributed by atoms with Gasteiger partial charge in [0.05, 0.1) is 5.25 Å². The molecule has 0 aromatic carbocycles. The van der Waals surface area contributed by atoms with Crippen molar-refractivity contribution >= 4 is 21.7 Å². The Morgan fingerprint density at radius 1 is 1.21 bits per heavy atom. The second-order valence-corrected chi connectivity index (χ2v) is 7.91. The van der Waals surface area contributed by atoms with Gasteiger partial charge in [0, 0.05) is 0 Å². The molecule has 0 saturated heterocycles. The van der Waals surface area contributed by atoms with Gasteiger partial charge in [0.15, 0.2) is 9.84 Å². The molecule has 1 rings (SSSR count). The summed E-state index contributed by atoms with van der Waals surface area (Å²) in [6.07, 6.45) is 3.10. The first-order chi connectivity index (χ1) is 8.69. The normalized spacial score (nSPS) is 19.1. The summed E-state index contributed by atoms with van der Waals surface area (Å²) in [5.74, 6) is -2.46. The number of sulfone groups is 1. The van der Waals surface area contributed by atoms with Crippen molar-refractivity contribution in [2.24, 2.45) is 0 Å². The zero-order valence-corrected chi connectivity index (χ0v) is 12.1. The first-order valence-electron chi connectivity index (χ1n) is 6.45. The monoisotopic (exact) mass is 291 g/mol. The standard InChI is InChI=1S/C12H21NO5S/c1-9(2)19(17,18)8-10(14)13-12(11(15)16)6-4-3-5-7-12/h9H,3-8H2,1-2H3,(H,13,14)(H,15,16). The lowest BCUT2D eigenvalue weighted by Crippen LogP contribution is -2.56. The summed E-state index contributed by atoms with van der Waals surface area (Å²) in [5.41, 5.74) is -1.29. The van der Waals surface area contributed by atoms with Gasteiger partial charge in [-0.15, -0.1) is 0 Å². The number of amides is 1. The van der Waals surface area contributed by atoms with E-state index in [1.807, 2.05) is 0 Å². The van der Waals surface area contributed by atoms with Crippen molar-refractivity contribution in [3.05, 3.63) is 0 Å².